The number of ether oxygens (including phenoxy) is 1. The van der Waals surface area contributed by atoms with Gasteiger partial charge in [0, 0.05) is 37.4 Å². The summed E-state index contributed by atoms with van der Waals surface area (Å²) in [5, 5.41) is 13.1. The van der Waals surface area contributed by atoms with Crippen LogP contribution in [0.5, 0.6) is 0 Å². The van der Waals surface area contributed by atoms with Gasteiger partial charge in [-0.25, -0.2) is 0 Å². The molecule has 1 saturated heterocycles. The topological polar surface area (TPSA) is 99.8 Å². The Kier molecular flexibility index (Phi) is 10.1. The Hall–Kier alpha value is -3.27. The van der Waals surface area contributed by atoms with Crippen molar-refractivity contribution < 1.29 is 19.1 Å². The van der Waals surface area contributed by atoms with Crippen molar-refractivity contribution in [1.82, 2.24) is 20.9 Å². The summed E-state index contributed by atoms with van der Waals surface area (Å²) < 4.78 is 5.73. The second-order valence-corrected chi connectivity index (χ2v) is 11.1. The highest BCUT2D eigenvalue weighted by molar-refractivity contribution is 7.09. The minimum atomic E-state index is -0.845. The summed E-state index contributed by atoms with van der Waals surface area (Å²) in [6.45, 7) is 3.24. The predicted octanol–water partition coefficient (Wildman–Crippen LogP) is 3.07. The average Bonchev–Trinajstić information content (AvgIpc) is 3.66. The predicted molar refractivity (Wildman–Crippen MR) is 155 cm³/mol. The van der Waals surface area contributed by atoms with E-state index in [4.69, 9.17) is 4.74 Å². The van der Waals surface area contributed by atoms with Crippen molar-refractivity contribution in [1.29, 1.82) is 0 Å². The molecule has 2 heterocycles. The van der Waals surface area contributed by atoms with Gasteiger partial charge in [0.2, 0.25) is 17.7 Å². The Morgan fingerprint density at radius 2 is 1.90 bits per heavy atom. The molecular weight excluding hydrogens is 512 g/mol. The first kappa shape index (κ1) is 28.7. The lowest BCUT2D eigenvalue weighted by Crippen LogP contribution is -2.56. The first-order valence-electron chi connectivity index (χ1n) is 13.5. The second-order valence-electron chi connectivity index (χ2n) is 10.1. The molecule has 0 saturated carbocycles. The first-order valence-corrected chi connectivity index (χ1v) is 14.3. The van der Waals surface area contributed by atoms with E-state index >= 15 is 0 Å². The zero-order valence-corrected chi connectivity index (χ0v) is 23.6. The lowest BCUT2D eigenvalue weighted by atomic mass is 9.89. The van der Waals surface area contributed by atoms with Crippen LogP contribution in [0.3, 0.4) is 0 Å². The molecular formula is C30H38N4O4S. The van der Waals surface area contributed by atoms with Crippen LogP contribution in [-0.2, 0) is 25.5 Å². The van der Waals surface area contributed by atoms with E-state index in [1.165, 1.54) is 16.2 Å². The van der Waals surface area contributed by atoms with Gasteiger partial charge in [-0.05, 0) is 47.2 Å². The molecule has 3 N–H and O–H groups in total. The molecule has 1 fully saturated rings. The molecule has 8 nitrogen and oxygen atoms in total. The van der Waals surface area contributed by atoms with Gasteiger partial charge in [0.25, 0.3) is 0 Å². The number of carbonyl (C=O) groups is 3. The number of rotatable bonds is 12. The van der Waals surface area contributed by atoms with Crippen molar-refractivity contribution in [2.24, 2.45) is 0 Å². The first-order chi connectivity index (χ1) is 18.9. The van der Waals surface area contributed by atoms with E-state index in [2.05, 4.69) is 22.0 Å². The molecule has 4 rings (SSSR count). The molecule has 9 heteroatoms. The zero-order valence-electron chi connectivity index (χ0n) is 22.8. The summed E-state index contributed by atoms with van der Waals surface area (Å²) >= 11 is 1.53. The van der Waals surface area contributed by atoms with E-state index in [0.29, 0.717) is 13.0 Å². The fourth-order valence-corrected chi connectivity index (χ4v) is 5.88. The van der Waals surface area contributed by atoms with Gasteiger partial charge in [0.05, 0.1) is 6.61 Å². The molecule has 4 atom stereocenters. The average molecular weight is 551 g/mol. The van der Waals surface area contributed by atoms with Gasteiger partial charge in [-0.2, -0.15) is 0 Å². The molecule has 1 aliphatic rings. The van der Waals surface area contributed by atoms with E-state index in [1.807, 2.05) is 60.8 Å². The Labute approximate surface area is 234 Å². The van der Waals surface area contributed by atoms with E-state index < -0.39 is 12.1 Å². The number of amides is 3. The second kappa shape index (κ2) is 13.7. The van der Waals surface area contributed by atoms with Crippen molar-refractivity contribution in [3.05, 3.63) is 70.4 Å². The number of benzene rings is 2. The number of fused-ring (bicyclic) bond motifs is 1. The number of thiophene rings is 1. The molecule has 0 aliphatic carbocycles. The molecule has 3 amide bonds. The molecule has 2 aromatic carbocycles. The number of nitrogens with zero attached hydrogens (tertiary/aromatic N) is 1. The van der Waals surface area contributed by atoms with E-state index in [0.717, 1.165) is 40.6 Å². The van der Waals surface area contributed by atoms with Crippen molar-refractivity contribution in [2.75, 3.05) is 33.9 Å². The van der Waals surface area contributed by atoms with Crippen LogP contribution in [0.4, 0.5) is 0 Å². The summed E-state index contributed by atoms with van der Waals surface area (Å²) in [4.78, 5) is 42.3. The van der Waals surface area contributed by atoms with Crippen molar-refractivity contribution >= 4 is 39.8 Å². The maximum absolute atomic E-state index is 13.9. The van der Waals surface area contributed by atoms with Crippen LogP contribution in [0.15, 0.2) is 60.0 Å². The summed E-state index contributed by atoms with van der Waals surface area (Å²) in [5.74, 6) is -1.29. The molecule has 4 unspecified atom stereocenters. The number of likely N-dealkylation sites (N-methyl/N-ethyl adjacent to an activating group) is 2. The molecule has 39 heavy (non-hydrogen) atoms. The molecule has 1 aliphatic heterocycles. The number of hydrogen-bond donors (Lipinski definition) is 3. The van der Waals surface area contributed by atoms with Crippen LogP contribution < -0.4 is 16.0 Å². The van der Waals surface area contributed by atoms with E-state index in [1.54, 1.807) is 14.1 Å². The largest absolute Gasteiger partial charge is 0.370 e. The normalized spacial score (nSPS) is 17.4. The quantitative estimate of drug-likeness (QED) is 0.322. The van der Waals surface area contributed by atoms with Gasteiger partial charge in [-0.15, -0.1) is 11.3 Å². The number of carbonyl (C=O) groups excluding carboxylic acids is 3. The van der Waals surface area contributed by atoms with Crippen LogP contribution in [0, 0.1) is 0 Å². The van der Waals surface area contributed by atoms with E-state index in [-0.39, 0.29) is 36.3 Å². The molecule has 0 spiro atoms. The lowest BCUT2D eigenvalue weighted by Gasteiger charge is -2.33. The minimum absolute atomic E-state index is 0.114. The summed E-state index contributed by atoms with van der Waals surface area (Å²) in [5.41, 5.74) is 0.930. The highest BCUT2D eigenvalue weighted by Crippen LogP contribution is 2.27. The third-order valence-corrected chi connectivity index (χ3v) is 8.32. The van der Waals surface area contributed by atoms with Gasteiger partial charge >= 0.3 is 0 Å². The maximum Gasteiger partial charge on any atom is 0.249 e. The van der Waals surface area contributed by atoms with Gasteiger partial charge in [-0.1, -0.05) is 55.5 Å². The smallest absolute Gasteiger partial charge is 0.249 e. The third-order valence-electron chi connectivity index (χ3n) is 7.42. The Morgan fingerprint density at radius 3 is 2.59 bits per heavy atom. The molecule has 1 aromatic heterocycles. The van der Waals surface area contributed by atoms with Crippen LogP contribution in [0.2, 0.25) is 0 Å². The molecule has 3 aromatic rings. The number of nitrogens with one attached hydrogen (secondary N) is 3. The van der Waals surface area contributed by atoms with Crippen LogP contribution in [0.1, 0.15) is 36.1 Å². The van der Waals surface area contributed by atoms with Gasteiger partial charge in [0.1, 0.15) is 18.7 Å². The SMILES string of the molecule is CNC(=O)C(Cc1cccs1)NC(=O)C(C(C)c1ccc2ccccc2c1)N(C)C(=O)COCC1CCCN1. The Balaban J connectivity index is 1.55. The lowest BCUT2D eigenvalue weighted by molar-refractivity contribution is -0.144. The summed E-state index contributed by atoms with van der Waals surface area (Å²) in [6.07, 6.45) is 2.50. The molecule has 0 bridgehead atoms. The Bertz CT molecular complexity index is 1260. The monoisotopic (exact) mass is 550 g/mol. The van der Waals surface area contributed by atoms with Gasteiger partial charge in [-0.3, -0.25) is 14.4 Å². The van der Waals surface area contributed by atoms with Crippen molar-refractivity contribution in [3.63, 3.8) is 0 Å². The van der Waals surface area contributed by atoms with Crippen LogP contribution >= 0.6 is 11.3 Å². The number of hydrogen-bond acceptors (Lipinski definition) is 6. The standard InChI is InChI=1S/C30H38N4O4S/c1-20(22-13-12-21-8-4-5-9-23(21)16-22)28(34(3)27(35)19-38-18-24-10-6-14-32-24)30(37)33-26(29(36)31-2)17-25-11-7-15-39-25/h4-5,7-9,11-13,15-16,20,24,26,28,32H,6,10,14,17-19H2,1-3H3,(H,31,36)(H,33,37). The fourth-order valence-electron chi connectivity index (χ4n) is 5.13. The van der Waals surface area contributed by atoms with Gasteiger partial charge in [0.15, 0.2) is 0 Å². The highest BCUT2D eigenvalue weighted by Gasteiger charge is 2.35. The molecule has 0 radical (unpaired) electrons. The molecule has 208 valence electrons. The summed E-state index contributed by atoms with van der Waals surface area (Å²) in [6, 6.07) is 16.6. The van der Waals surface area contributed by atoms with Gasteiger partial charge < -0.3 is 25.6 Å². The van der Waals surface area contributed by atoms with Crippen LogP contribution in [-0.4, -0.2) is 74.6 Å². The Morgan fingerprint density at radius 1 is 1.10 bits per heavy atom. The zero-order chi connectivity index (χ0) is 27.8. The summed E-state index contributed by atoms with van der Waals surface area (Å²) in [7, 11) is 3.19. The maximum atomic E-state index is 13.9. The van der Waals surface area contributed by atoms with Crippen LogP contribution in [0.25, 0.3) is 10.8 Å². The highest BCUT2D eigenvalue weighted by atomic mass is 32.1. The van der Waals surface area contributed by atoms with E-state index in [9.17, 15) is 14.4 Å². The minimum Gasteiger partial charge on any atom is -0.370 e. The van der Waals surface area contributed by atoms with Crippen molar-refractivity contribution in [2.45, 2.75) is 50.2 Å². The van der Waals surface area contributed by atoms with Crippen molar-refractivity contribution in [3.8, 4) is 0 Å². The fraction of sp³-hybridized carbons (Fsp3) is 0.433. The third kappa shape index (κ3) is 7.44.